The van der Waals surface area contributed by atoms with Gasteiger partial charge in [0.05, 0.1) is 38.2 Å². The van der Waals surface area contributed by atoms with E-state index in [1.807, 2.05) is 60.6 Å². The highest BCUT2D eigenvalue weighted by atomic mass is 16.5. The summed E-state index contributed by atoms with van der Waals surface area (Å²) in [5.41, 5.74) is 4.22. The monoisotopic (exact) mass is 405 g/mol. The summed E-state index contributed by atoms with van der Waals surface area (Å²) in [5, 5.41) is 23.5. The smallest absolute Gasteiger partial charge is 0.124 e. The number of ether oxygens (including phenoxy) is 2. The van der Waals surface area contributed by atoms with E-state index in [4.69, 9.17) is 9.47 Å². The lowest BCUT2D eigenvalue weighted by molar-refractivity contribution is 0.305. The van der Waals surface area contributed by atoms with Gasteiger partial charge in [-0.05, 0) is 24.3 Å². The Morgan fingerprint density at radius 2 is 1.73 bits per heavy atom. The lowest BCUT2D eigenvalue weighted by Gasteiger charge is -2.25. The zero-order chi connectivity index (χ0) is 21.1. The highest BCUT2D eigenvalue weighted by Gasteiger charge is 2.14. The van der Waals surface area contributed by atoms with Crippen LogP contribution in [0.2, 0.25) is 0 Å². The zero-order valence-corrected chi connectivity index (χ0v) is 17.1. The van der Waals surface area contributed by atoms with Gasteiger partial charge in [-0.25, -0.2) is 0 Å². The van der Waals surface area contributed by atoms with E-state index in [1.165, 1.54) is 0 Å². The summed E-state index contributed by atoms with van der Waals surface area (Å²) in [6.45, 7) is 0.406. The number of aryl methyl sites for hydroxylation is 1. The second kappa shape index (κ2) is 8.38. The first kappa shape index (κ1) is 19.7. The van der Waals surface area contributed by atoms with E-state index < -0.39 is 0 Å². The molecule has 0 unspecified atom stereocenters. The molecule has 0 atom stereocenters. The van der Waals surface area contributed by atoms with Gasteiger partial charge in [0.15, 0.2) is 0 Å². The predicted molar refractivity (Wildman–Crippen MR) is 115 cm³/mol. The van der Waals surface area contributed by atoms with Gasteiger partial charge in [0, 0.05) is 60.3 Å². The van der Waals surface area contributed by atoms with Gasteiger partial charge in [0.2, 0.25) is 0 Å². The van der Waals surface area contributed by atoms with Gasteiger partial charge in [-0.2, -0.15) is 5.10 Å². The number of rotatable bonds is 7. The summed E-state index contributed by atoms with van der Waals surface area (Å²) in [6.07, 6.45) is 3.67. The summed E-state index contributed by atoms with van der Waals surface area (Å²) in [4.78, 5) is 2.01. The summed E-state index contributed by atoms with van der Waals surface area (Å²) in [7, 11) is 5.10. The van der Waals surface area contributed by atoms with Crippen molar-refractivity contribution in [3.63, 3.8) is 0 Å². The molecule has 8 heteroatoms. The Bertz CT molecular complexity index is 1150. The maximum Gasteiger partial charge on any atom is 0.124 e. The molecule has 0 bridgehead atoms. The molecule has 0 amide bonds. The van der Waals surface area contributed by atoms with Crippen LogP contribution in [0, 0.1) is 0 Å². The van der Waals surface area contributed by atoms with Gasteiger partial charge in [-0.15, -0.1) is 10.2 Å². The van der Waals surface area contributed by atoms with E-state index >= 15 is 0 Å². The minimum absolute atomic E-state index is 0.00685. The SMILES string of the molecule is COc1cc(OC)cc(N(CCO)c2ccc3nnc(-c4cnn(C)c4)cc3c2)c1. The number of aliphatic hydroxyl groups is 1. The third-order valence-electron chi connectivity index (χ3n) is 4.85. The molecule has 0 radical (unpaired) electrons. The number of aromatic nitrogens is 4. The van der Waals surface area contributed by atoms with Crippen molar-refractivity contribution >= 4 is 22.3 Å². The molecular weight excluding hydrogens is 382 g/mol. The molecule has 2 aromatic carbocycles. The molecule has 4 aromatic rings. The third-order valence-corrected chi connectivity index (χ3v) is 4.85. The topological polar surface area (TPSA) is 85.5 Å². The Hall–Kier alpha value is -3.65. The summed E-state index contributed by atoms with van der Waals surface area (Å²) < 4.78 is 12.5. The highest BCUT2D eigenvalue weighted by molar-refractivity contribution is 5.86. The molecule has 0 saturated carbocycles. The van der Waals surface area contributed by atoms with Crippen LogP contribution in [0.4, 0.5) is 11.4 Å². The first-order valence-corrected chi connectivity index (χ1v) is 9.49. The Balaban J connectivity index is 1.78. The number of nitrogens with zero attached hydrogens (tertiary/aromatic N) is 5. The van der Waals surface area contributed by atoms with Gasteiger partial charge < -0.3 is 19.5 Å². The zero-order valence-electron chi connectivity index (χ0n) is 17.1. The van der Waals surface area contributed by atoms with E-state index in [0.717, 1.165) is 33.5 Å². The number of hydrogen-bond acceptors (Lipinski definition) is 7. The van der Waals surface area contributed by atoms with Crippen LogP contribution in [0.5, 0.6) is 11.5 Å². The fourth-order valence-electron chi connectivity index (χ4n) is 3.35. The van der Waals surface area contributed by atoms with Crippen molar-refractivity contribution in [1.82, 2.24) is 20.0 Å². The van der Waals surface area contributed by atoms with E-state index in [0.29, 0.717) is 18.0 Å². The number of fused-ring (bicyclic) bond motifs is 1. The molecule has 0 aliphatic heterocycles. The molecule has 154 valence electrons. The van der Waals surface area contributed by atoms with Gasteiger partial charge in [0.1, 0.15) is 11.5 Å². The van der Waals surface area contributed by atoms with E-state index in [-0.39, 0.29) is 6.61 Å². The minimum Gasteiger partial charge on any atom is -0.497 e. The Morgan fingerprint density at radius 1 is 0.967 bits per heavy atom. The van der Waals surface area contributed by atoms with Gasteiger partial charge in [0.25, 0.3) is 0 Å². The van der Waals surface area contributed by atoms with Gasteiger partial charge >= 0.3 is 0 Å². The van der Waals surface area contributed by atoms with Crippen LogP contribution in [-0.4, -0.2) is 52.5 Å². The van der Waals surface area contributed by atoms with Crippen molar-refractivity contribution in [2.24, 2.45) is 7.05 Å². The van der Waals surface area contributed by atoms with Crippen LogP contribution in [0.25, 0.3) is 22.2 Å². The van der Waals surface area contributed by atoms with E-state index in [9.17, 15) is 5.11 Å². The maximum atomic E-state index is 9.68. The van der Waals surface area contributed by atoms with Crippen LogP contribution in [-0.2, 0) is 7.05 Å². The molecule has 8 nitrogen and oxygen atoms in total. The normalized spacial score (nSPS) is 10.9. The molecule has 2 heterocycles. The first-order valence-electron chi connectivity index (χ1n) is 9.49. The molecule has 0 aliphatic carbocycles. The second-order valence-corrected chi connectivity index (χ2v) is 6.82. The van der Waals surface area contributed by atoms with Crippen molar-refractivity contribution in [1.29, 1.82) is 0 Å². The molecule has 2 aromatic heterocycles. The van der Waals surface area contributed by atoms with Crippen molar-refractivity contribution in [3.8, 4) is 22.8 Å². The largest absolute Gasteiger partial charge is 0.497 e. The molecule has 0 aliphatic rings. The average molecular weight is 405 g/mol. The van der Waals surface area contributed by atoms with Crippen molar-refractivity contribution < 1.29 is 14.6 Å². The fourth-order valence-corrected chi connectivity index (χ4v) is 3.35. The second-order valence-electron chi connectivity index (χ2n) is 6.82. The number of hydrogen-bond donors (Lipinski definition) is 1. The first-order chi connectivity index (χ1) is 14.6. The van der Waals surface area contributed by atoms with Gasteiger partial charge in [-0.1, -0.05) is 0 Å². The van der Waals surface area contributed by atoms with Crippen LogP contribution in [0.15, 0.2) is 54.9 Å². The fraction of sp³-hybridized carbons (Fsp3) is 0.227. The molecular formula is C22H23N5O3. The van der Waals surface area contributed by atoms with Crippen LogP contribution >= 0.6 is 0 Å². The number of benzene rings is 2. The lowest BCUT2D eigenvalue weighted by atomic mass is 10.1. The van der Waals surface area contributed by atoms with Crippen LogP contribution < -0.4 is 14.4 Å². The summed E-state index contributed by atoms with van der Waals surface area (Å²) >= 11 is 0. The Morgan fingerprint density at radius 3 is 2.37 bits per heavy atom. The maximum absolute atomic E-state index is 9.68. The van der Waals surface area contributed by atoms with E-state index in [2.05, 4.69) is 15.3 Å². The quantitative estimate of drug-likeness (QED) is 0.505. The molecule has 0 fully saturated rings. The number of methoxy groups -OCH3 is 2. The summed E-state index contributed by atoms with van der Waals surface area (Å²) in [6, 6.07) is 13.5. The molecule has 4 rings (SSSR count). The number of aliphatic hydroxyl groups excluding tert-OH is 1. The van der Waals surface area contributed by atoms with E-state index in [1.54, 1.807) is 25.1 Å². The van der Waals surface area contributed by atoms with Gasteiger partial charge in [-0.3, -0.25) is 4.68 Å². The third kappa shape index (κ3) is 3.90. The molecule has 0 saturated heterocycles. The van der Waals surface area contributed by atoms with Crippen molar-refractivity contribution in [3.05, 3.63) is 54.9 Å². The summed E-state index contributed by atoms with van der Waals surface area (Å²) in [5.74, 6) is 1.36. The Kier molecular flexibility index (Phi) is 5.49. The minimum atomic E-state index is -0.00685. The lowest BCUT2D eigenvalue weighted by Crippen LogP contribution is -2.21. The highest BCUT2D eigenvalue weighted by Crippen LogP contribution is 2.34. The number of anilines is 2. The van der Waals surface area contributed by atoms with Crippen LogP contribution in [0.3, 0.4) is 0 Å². The Labute approximate surface area is 174 Å². The standard InChI is InChI=1S/C22H23N5O3/c1-26-14-16(13-23-26)22-9-15-8-17(4-5-21(15)24-25-22)27(6-7-28)18-10-19(29-2)12-20(11-18)30-3/h4-5,8-14,28H,6-7H2,1-3H3. The van der Waals surface area contributed by atoms with Crippen LogP contribution in [0.1, 0.15) is 0 Å². The predicted octanol–water partition coefficient (Wildman–Crippen LogP) is 3.18. The molecule has 1 N–H and O–H groups in total. The molecule has 0 spiro atoms. The van der Waals surface area contributed by atoms with Crippen molar-refractivity contribution in [2.75, 3.05) is 32.3 Å². The average Bonchev–Trinajstić information content (AvgIpc) is 3.22. The molecule has 30 heavy (non-hydrogen) atoms. The van der Waals surface area contributed by atoms with Crippen molar-refractivity contribution in [2.45, 2.75) is 0 Å².